The number of aromatic amines is 1. The van der Waals surface area contributed by atoms with Gasteiger partial charge >= 0.3 is 0 Å². The predicted molar refractivity (Wildman–Crippen MR) is 87.2 cm³/mol. The molecule has 2 aromatic carbocycles. The van der Waals surface area contributed by atoms with Crippen molar-refractivity contribution in [1.82, 2.24) is 15.2 Å². The number of nitrogens with zero attached hydrogens (tertiary/aromatic N) is 2. The molecule has 0 atom stereocenters. The lowest BCUT2D eigenvalue weighted by Crippen LogP contribution is -1.76. The van der Waals surface area contributed by atoms with E-state index >= 15 is 0 Å². The Hall–Kier alpha value is -2.24. The molecular weight excluding hydrogens is 318 g/mol. The lowest BCUT2D eigenvalue weighted by Gasteiger charge is -1.95. The first-order valence-corrected chi connectivity index (χ1v) is 7.82. The number of nitrogens with one attached hydrogen (secondary N) is 1. The van der Waals surface area contributed by atoms with Crippen molar-refractivity contribution in [2.24, 2.45) is 0 Å². The van der Waals surface area contributed by atoms with Crippen LogP contribution in [0.1, 0.15) is 0 Å². The van der Waals surface area contributed by atoms with Crippen LogP contribution in [0.4, 0.5) is 0 Å². The second-order valence-electron chi connectivity index (χ2n) is 4.70. The average Bonchev–Trinajstić information content (AvgIpc) is 3.15. The highest BCUT2D eigenvalue weighted by Crippen LogP contribution is 2.30. The van der Waals surface area contributed by atoms with Gasteiger partial charge in [-0.3, -0.25) is 0 Å². The second kappa shape index (κ2) is 5.51. The maximum atomic E-state index is 5.87. The molecule has 108 valence electrons. The van der Waals surface area contributed by atoms with Crippen LogP contribution in [0.15, 0.2) is 69.1 Å². The minimum atomic E-state index is 0.479. The molecule has 0 saturated carbocycles. The first-order valence-electron chi connectivity index (χ1n) is 6.63. The fourth-order valence-electron chi connectivity index (χ4n) is 2.15. The number of halogens is 1. The molecule has 4 nitrogen and oxygen atoms in total. The smallest absolute Gasteiger partial charge is 0.281 e. The SMILES string of the molecule is Clc1ccc(Sc2nnc(-c3cc4ccccc4[nH]3)o2)cc1. The largest absolute Gasteiger partial charge is 0.409 e. The summed E-state index contributed by atoms with van der Waals surface area (Å²) >= 11 is 7.28. The van der Waals surface area contributed by atoms with Crippen LogP contribution in [0.5, 0.6) is 0 Å². The van der Waals surface area contributed by atoms with E-state index in [2.05, 4.69) is 15.2 Å². The minimum absolute atomic E-state index is 0.479. The summed E-state index contributed by atoms with van der Waals surface area (Å²) in [6.45, 7) is 0. The van der Waals surface area contributed by atoms with E-state index in [4.69, 9.17) is 16.0 Å². The Morgan fingerprint density at radius 3 is 2.64 bits per heavy atom. The molecule has 0 aliphatic heterocycles. The maximum Gasteiger partial charge on any atom is 0.281 e. The summed E-state index contributed by atoms with van der Waals surface area (Å²) in [5.74, 6) is 0.479. The third kappa shape index (κ3) is 2.61. The first kappa shape index (κ1) is 13.4. The monoisotopic (exact) mass is 327 g/mol. The zero-order chi connectivity index (χ0) is 14.9. The van der Waals surface area contributed by atoms with Gasteiger partial charge in [0.25, 0.3) is 11.1 Å². The molecule has 2 heterocycles. The highest BCUT2D eigenvalue weighted by atomic mass is 35.5. The Bertz CT molecular complexity index is 897. The molecule has 0 spiro atoms. The third-order valence-corrected chi connectivity index (χ3v) is 4.29. The van der Waals surface area contributed by atoms with Gasteiger partial charge in [-0.2, -0.15) is 0 Å². The van der Waals surface area contributed by atoms with Crippen LogP contribution in [-0.2, 0) is 0 Å². The fourth-order valence-corrected chi connectivity index (χ4v) is 2.95. The van der Waals surface area contributed by atoms with Crippen LogP contribution in [0.3, 0.4) is 0 Å². The van der Waals surface area contributed by atoms with Crippen molar-refractivity contribution in [3.8, 4) is 11.6 Å². The molecule has 0 radical (unpaired) electrons. The number of aromatic nitrogens is 3. The molecule has 22 heavy (non-hydrogen) atoms. The minimum Gasteiger partial charge on any atom is -0.409 e. The van der Waals surface area contributed by atoms with E-state index in [9.17, 15) is 0 Å². The van der Waals surface area contributed by atoms with E-state index in [0.29, 0.717) is 16.1 Å². The molecule has 0 aliphatic rings. The van der Waals surface area contributed by atoms with Gasteiger partial charge < -0.3 is 9.40 Å². The Balaban J connectivity index is 1.61. The fraction of sp³-hybridized carbons (Fsp3) is 0. The summed E-state index contributed by atoms with van der Waals surface area (Å²) in [5.41, 5.74) is 1.86. The molecule has 0 aliphatic carbocycles. The van der Waals surface area contributed by atoms with Crippen LogP contribution in [-0.4, -0.2) is 15.2 Å². The van der Waals surface area contributed by atoms with E-state index < -0.39 is 0 Å². The van der Waals surface area contributed by atoms with E-state index in [-0.39, 0.29) is 0 Å². The molecule has 0 amide bonds. The van der Waals surface area contributed by atoms with Crippen LogP contribution in [0.2, 0.25) is 5.02 Å². The van der Waals surface area contributed by atoms with Crippen molar-refractivity contribution in [1.29, 1.82) is 0 Å². The van der Waals surface area contributed by atoms with Crippen molar-refractivity contribution in [2.75, 3.05) is 0 Å². The molecule has 0 saturated heterocycles. The van der Waals surface area contributed by atoms with Gasteiger partial charge in [0.05, 0.1) is 0 Å². The second-order valence-corrected chi connectivity index (χ2v) is 6.16. The van der Waals surface area contributed by atoms with Crippen molar-refractivity contribution < 1.29 is 4.42 Å². The highest BCUT2D eigenvalue weighted by Gasteiger charge is 2.12. The van der Waals surface area contributed by atoms with Gasteiger partial charge in [-0.05, 0) is 48.2 Å². The Labute approximate surface area is 135 Å². The molecule has 0 fully saturated rings. The molecular formula is C16H10ClN3OS. The lowest BCUT2D eigenvalue weighted by atomic mass is 10.2. The topological polar surface area (TPSA) is 54.7 Å². The van der Waals surface area contributed by atoms with Gasteiger partial charge in [0.1, 0.15) is 5.69 Å². The first-order chi connectivity index (χ1) is 10.8. The number of benzene rings is 2. The van der Waals surface area contributed by atoms with Crippen LogP contribution in [0, 0.1) is 0 Å². The highest BCUT2D eigenvalue weighted by molar-refractivity contribution is 7.99. The van der Waals surface area contributed by atoms with E-state index in [1.165, 1.54) is 11.8 Å². The van der Waals surface area contributed by atoms with Crippen LogP contribution < -0.4 is 0 Å². The molecule has 1 N–H and O–H groups in total. The summed E-state index contributed by atoms with van der Waals surface area (Å²) in [4.78, 5) is 4.27. The van der Waals surface area contributed by atoms with Gasteiger partial charge in [-0.15, -0.1) is 10.2 Å². The summed E-state index contributed by atoms with van der Waals surface area (Å²) in [6.07, 6.45) is 0. The quantitative estimate of drug-likeness (QED) is 0.574. The number of H-pyrrole nitrogens is 1. The summed E-state index contributed by atoms with van der Waals surface area (Å²) in [7, 11) is 0. The van der Waals surface area contributed by atoms with E-state index in [1.54, 1.807) is 0 Å². The Morgan fingerprint density at radius 2 is 1.82 bits per heavy atom. The van der Waals surface area contributed by atoms with Gasteiger partial charge in [0.15, 0.2) is 0 Å². The van der Waals surface area contributed by atoms with Crippen molar-refractivity contribution in [3.63, 3.8) is 0 Å². The normalized spacial score (nSPS) is 11.1. The number of para-hydroxylation sites is 1. The van der Waals surface area contributed by atoms with E-state index in [1.807, 2.05) is 54.6 Å². The lowest BCUT2D eigenvalue weighted by molar-refractivity contribution is 0.465. The molecule has 4 aromatic rings. The van der Waals surface area contributed by atoms with E-state index in [0.717, 1.165) is 21.5 Å². The number of hydrogen-bond donors (Lipinski definition) is 1. The summed E-state index contributed by atoms with van der Waals surface area (Å²) in [6, 6.07) is 17.5. The molecule has 0 unspecified atom stereocenters. The summed E-state index contributed by atoms with van der Waals surface area (Å²) in [5, 5.41) is 10.5. The molecule has 0 bridgehead atoms. The third-order valence-electron chi connectivity index (χ3n) is 3.19. The number of rotatable bonds is 3. The standard InChI is InChI=1S/C16H10ClN3OS/c17-11-5-7-12(8-6-11)22-16-20-19-15(21-16)14-9-10-3-1-2-4-13(10)18-14/h1-9,18H. The van der Waals surface area contributed by atoms with Crippen molar-refractivity contribution in [2.45, 2.75) is 10.1 Å². The maximum absolute atomic E-state index is 5.87. The zero-order valence-electron chi connectivity index (χ0n) is 11.3. The van der Waals surface area contributed by atoms with Gasteiger partial charge in [0, 0.05) is 20.8 Å². The van der Waals surface area contributed by atoms with Crippen LogP contribution in [0.25, 0.3) is 22.5 Å². The van der Waals surface area contributed by atoms with Crippen LogP contribution >= 0.6 is 23.4 Å². The Morgan fingerprint density at radius 1 is 1.00 bits per heavy atom. The zero-order valence-corrected chi connectivity index (χ0v) is 12.9. The molecule has 2 aromatic heterocycles. The van der Waals surface area contributed by atoms with Crippen molar-refractivity contribution >= 4 is 34.3 Å². The number of fused-ring (bicyclic) bond motifs is 1. The van der Waals surface area contributed by atoms with Crippen molar-refractivity contribution in [3.05, 3.63) is 59.6 Å². The Kier molecular flexibility index (Phi) is 3.36. The van der Waals surface area contributed by atoms with Gasteiger partial charge in [0.2, 0.25) is 0 Å². The average molecular weight is 328 g/mol. The van der Waals surface area contributed by atoms with Gasteiger partial charge in [-0.1, -0.05) is 29.8 Å². The number of hydrogen-bond acceptors (Lipinski definition) is 4. The molecule has 6 heteroatoms. The predicted octanol–water partition coefficient (Wildman–Crippen LogP) is 5.02. The van der Waals surface area contributed by atoms with Gasteiger partial charge in [-0.25, -0.2) is 0 Å². The molecule has 4 rings (SSSR count). The summed E-state index contributed by atoms with van der Waals surface area (Å²) < 4.78 is 5.71.